The second-order valence-corrected chi connectivity index (χ2v) is 4.50. The molecule has 1 aromatic carbocycles. The van der Waals surface area contributed by atoms with Crippen LogP contribution in [0.5, 0.6) is 5.75 Å². The number of benzene rings is 1. The summed E-state index contributed by atoms with van der Waals surface area (Å²) in [6.07, 6.45) is 1.21. The predicted molar refractivity (Wildman–Crippen MR) is 72.5 cm³/mol. The van der Waals surface area contributed by atoms with Crippen molar-refractivity contribution in [2.75, 3.05) is 31.2 Å². The molecule has 0 radical (unpaired) electrons. The number of nitrogens with zero attached hydrogens (tertiary/aromatic N) is 4. The molecule has 0 bridgehead atoms. The Morgan fingerprint density at radius 2 is 1.95 bits per heavy atom. The molecule has 21 heavy (non-hydrogen) atoms. The van der Waals surface area contributed by atoms with Crippen LogP contribution in [0.2, 0.25) is 0 Å². The SMILES string of the molecule is O=C(O)c1cn(Oc2ccc(N3CCOCC3)cc2)nn1. The summed E-state index contributed by atoms with van der Waals surface area (Å²) in [4.78, 5) is 19.3. The third-order valence-electron chi connectivity index (χ3n) is 3.10. The van der Waals surface area contributed by atoms with Crippen molar-refractivity contribution in [1.82, 2.24) is 15.2 Å². The van der Waals surface area contributed by atoms with E-state index in [1.54, 1.807) is 12.1 Å². The van der Waals surface area contributed by atoms with Crippen molar-refractivity contribution in [1.29, 1.82) is 0 Å². The number of anilines is 1. The minimum Gasteiger partial charge on any atom is -0.476 e. The lowest BCUT2D eigenvalue weighted by Gasteiger charge is -2.28. The normalized spacial score (nSPS) is 15.0. The van der Waals surface area contributed by atoms with E-state index in [0.717, 1.165) is 36.8 Å². The second-order valence-electron chi connectivity index (χ2n) is 4.50. The molecule has 3 rings (SSSR count). The van der Waals surface area contributed by atoms with Gasteiger partial charge in [0.15, 0.2) is 11.4 Å². The van der Waals surface area contributed by atoms with Gasteiger partial charge in [-0.15, -0.1) is 5.10 Å². The van der Waals surface area contributed by atoms with Crippen molar-refractivity contribution >= 4 is 11.7 Å². The summed E-state index contributed by atoms with van der Waals surface area (Å²) in [6.45, 7) is 3.20. The van der Waals surface area contributed by atoms with Crippen molar-refractivity contribution < 1.29 is 19.5 Å². The van der Waals surface area contributed by atoms with Gasteiger partial charge >= 0.3 is 5.97 Å². The van der Waals surface area contributed by atoms with E-state index in [4.69, 9.17) is 14.7 Å². The molecule has 0 aliphatic carbocycles. The highest BCUT2D eigenvalue weighted by Gasteiger charge is 2.12. The van der Waals surface area contributed by atoms with Gasteiger partial charge in [-0.2, -0.15) is 0 Å². The molecule has 1 saturated heterocycles. The molecule has 2 heterocycles. The van der Waals surface area contributed by atoms with Crippen LogP contribution in [0, 0.1) is 0 Å². The number of carbonyl (C=O) groups is 1. The largest absolute Gasteiger partial charge is 0.476 e. The number of carboxylic acid groups (broad SMARTS) is 1. The molecule has 0 unspecified atom stereocenters. The highest BCUT2D eigenvalue weighted by molar-refractivity contribution is 5.84. The Morgan fingerprint density at radius 3 is 2.57 bits per heavy atom. The number of hydrogen-bond acceptors (Lipinski definition) is 6. The standard InChI is InChI=1S/C13H14N4O4/c18-13(19)12-9-17(15-14-12)21-11-3-1-10(2-4-11)16-5-7-20-8-6-16/h1-4,9H,5-8H2,(H,18,19). The molecular weight excluding hydrogens is 276 g/mol. The van der Waals surface area contributed by atoms with Crippen molar-refractivity contribution in [2.24, 2.45) is 0 Å². The van der Waals surface area contributed by atoms with E-state index in [9.17, 15) is 4.79 Å². The topological polar surface area (TPSA) is 89.7 Å². The predicted octanol–water partition coefficient (Wildman–Crippen LogP) is 0.655. The van der Waals surface area contributed by atoms with Crippen LogP contribution in [0.25, 0.3) is 0 Å². The molecule has 0 atom stereocenters. The van der Waals surface area contributed by atoms with Gasteiger partial charge in [-0.1, -0.05) is 4.85 Å². The quantitative estimate of drug-likeness (QED) is 0.884. The maximum atomic E-state index is 10.7. The van der Waals surface area contributed by atoms with E-state index in [-0.39, 0.29) is 5.69 Å². The fraction of sp³-hybridized carbons (Fsp3) is 0.308. The van der Waals surface area contributed by atoms with Crippen LogP contribution in [-0.2, 0) is 4.74 Å². The number of aromatic nitrogens is 3. The molecule has 1 fully saturated rings. The molecule has 8 nitrogen and oxygen atoms in total. The Kier molecular flexibility index (Phi) is 3.69. The van der Waals surface area contributed by atoms with Gasteiger partial charge in [-0.3, -0.25) is 0 Å². The van der Waals surface area contributed by atoms with Crippen LogP contribution in [0.4, 0.5) is 5.69 Å². The van der Waals surface area contributed by atoms with Gasteiger partial charge in [0.25, 0.3) is 0 Å². The first-order valence-corrected chi connectivity index (χ1v) is 6.49. The number of rotatable bonds is 4. The van der Waals surface area contributed by atoms with Crippen molar-refractivity contribution in [3.8, 4) is 5.75 Å². The number of carboxylic acids is 1. The lowest BCUT2D eigenvalue weighted by Crippen LogP contribution is -2.36. The Balaban J connectivity index is 1.67. The van der Waals surface area contributed by atoms with Crippen molar-refractivity contribution in [3.05, 3.63) is 36.2 Å². The molecule has 1 aliphatic heterocycles. The fourth-order valence-electron chi connectivity index (χ4n) is 2.04. The molecule has 1 aliphatic rings. The van der Waals surface area contributed by atoms with Gasteiger partial charge in [0.05, 0.1) is 13.2 Å². The fourth-order valence-corrected chi connectivity index (χ4v) is 2.04. The van der Waals surface area contributed by atoms with Crippen LogP contribution in [-0.4, -0.2) is 52.5 Å². The van der Waals surface area contributed by atoms with E-state index in [1.807, 2.05) is 12.1 Å². The summed E-state index contributed by atoms with van der Waals surface area (Å²) in [5.41, 5.74) is 0.926. The maximum absolute atomic E-state index is 10.7. The number of hydrogen-bond donors (Lipinski definition) is 1. The molecule has 8 heteroatoms. The van der Waals surface area contributed by atoms with E-state index in [0.29, 0.717) is 5.75 Å². The average Bonchev–Trinajstić information content (AvgIpc) is 2.98. The van der Waals surface area contributed by atoms with E-state index in [2.05, 4.69) is 15.2 Å². The monoisotopic (exact) mass is 290 g/mol. The minimum absolute atomic E-state index is 0.167. The Bertz CT molecular complexity index is 619. The van der Waals surface area contributed by atoms with Crippen LogP contribution in [0.1, 0.15) is 10.5 Å². The molecule has 2 aromatic rings. The first-order valence-electron chi connectivity index (χ1n) is 6.49. The molecule has 110 valence electrons. The van der Waals surface area contributed by atoms with Crippen LogP contribution >= 0.6 is 0 Å². The summed E-state index contributed by atoms with van der Waals surface area (Å²) in [5, 5.41) is 15.8. The van der Waals surface area contributed by atoms with Gasteiger partial charge < -0.3 is 19.6 Å². The highest BCUT2D eigenvalue weighted by atomic mass is 16.7. The Morgan fingerprint density at radius 1 is 1.24 bits per heavy atom. The van der Waals surface area contributed by atoms with Crippen molar-refractivity contribution in [3.63, 3.8) is 0 Å². The van der Waals surface area contributed by atoms with E-state index >= 15 is 0 Å². The zero-order valence-corrected chi connectivity index (χ0v) is 11.2. The first-order chi connectivity index (χ1) is 10.2. The third kappa shape index (κ3) is 3.11. The summed E-state index contributed by atoms with van der Waals surface area (Å²) in [5.74, 6) is -0.596. The lowest BCUT2D eigenvalue weighted by atomic mass is 10.2. The number of aromatic carboxylic acids is 1. The van der Waals surface area contributed by atoms with E-state index < -0.39 is 5.97 Å². The van der Waals surface area contributed by atoms with Gasteiger partial charge in [0.2, 0.25) is 0 Å². The smallest absolute Gasteiger partial charge is 0.358 e. The lowest BCUT2D eigenvalue weighted by molar-refractivity contribution is 0.0689. The maximum Gasteiger partial charge on any atom is 0.358 e. The third-order valence-corrected chi connectivity index (χ3v) is 3.10. The van der Waals surface area contributed by atoms with Gasteiger partial charge in [-0.25, -0.2) is 4.79 Å². The Hall–Kier alpha value is -2.61. The summed E-state index contributed by atoms with van der Waals surface area (Å²) < 4.78 is 5.31. The average molecular weight is 290 g/mol. The number of ether oxygens (including phenoxy) is 1. The molecular formula is C13H14N4O4. The van der Waals surface area contributed by atoms with Gasteiger partial charge in [0, 0.05) is 18.8 Å². The molecule has 1 N–H and O–H groups in total. The Labute approximate surface area is 120 Å². The van der Waals surface area contributed by atoms with E-state index in [1.165, 1.54) is 6.20 Å². The first kappa shape index (κ1) is 13.4. The summed E-state index contributed by atoms with van der Waals surface area (Å²) >= 11 is 0. The van der Waals surface area contributed by atoms with Crippen LogP contribution in [0.15, 0.2) is 30.5 Å². The zero-order valence-electron chi connectivity index (χ0n) is 11.2. The molecule has 0 amide bonds. The minimum atomic E-state index is -1.15. The van der Waals surface area contributed by atoms with Gasteiger partial charge in [0.1, 0.15) is 6.20 Å². The highest BCUT2D eigenvalue weighted by Crippen LogP contribution is 2.20. The molecule has 0 spiro atoms. The summed E-state index contributed by atoms with van der Waals surface area (Å²) in [7, 11) is 0. The van der Waals surface area contributed by atoms with Crippen LogP contribution in [0.3, 0.4) is 0 Å². The zero-order chi connectivity index (χ0) is 14.7. The molecule has 1 aromatic heterocycles. The molecule has 0 saturated carbocycles. The van der Waals surface area contributed by atoms with Gasteiger partial charge in [-0.05, 0) is 29.5 Å². The van der Waals surface area contributed by atoms with Crippen LogP contribution < -0.4 is 9.74 Å². The second kappa shape index (κ2) is 5.80. The number of morpholine rings is 1. The van der Waals surface area contributed by atoms with Crippen molar-refractivity contribution in [2.45, 2.75) is 0 Å². The summed E-state index contributed by atoms with van der Waals surface area (Å²) in [6, 6.07) is 7.48.